The summed E-state index contributed by atoms with van der Waals surface area (Å²) in [5, 5.41) is 3.13. The van der Waals surface area contributed by atoms with Gasteiger partial charge in [-0.25, -0.2) is 12.8 Å². The van der Waals surface area contributed by atoms with E-state index in [-0.39, 0.29) is 40.5 Å². The fourth-order valence-electron chi connectivity index (χ4n) is 4.79. The maximum atomic E-state index is 14.5. The molecule has 0 radical (unpaired) electrons. The SMILES string of the molecule is CCC(C)NC(=O)C(Cc1ccccc1)N(Cc1ccc(F)cc1)C(=O)CN(c1ccccc1Cl)S(=O)(=O)c1ccc(C)cc1. The van der Waals surface area contributed by atoms with Crippen LogP contribution < -0.4 is 9.62 Å². The van der Waals surface area contributed by atoms with Gasteiger partial charge in [0.05, 0.1) is 15.6 Å². The molecule has 0 aromatic heterocycles. The van der Waals surface area contributed by atoms with Crippen LogP contribution in [-0.2, 0) is 32.6 Å². The van der Waals surface area contributed by atoms with Gasteiger partial charge in [0.15, 0.2) is 0 Å². The number of carbonyl (C=O) groups is 2. The molecule has 7 nitrogen and oxygen atoms in total. The number of halogens is 2. The van der Waals surface area contributed by atoms with Crippen molar-refractivity contribution in [3.63, 3.8) is 0 Å². The average molecular weight is 650 g/mol. The molecule has 4 rings (SSSR count). The minimum atomic E-state index is -4.28. The zero-order valence-corrected chi connectivity index (χ0v) is 27.1. The number of nitrogens with one attached hydrogen (secondary N) is 1. The largest absolute Gasteiger partial charge is 0.352 e. The third-order valence-electron chi connectivity index (χ3n) is 7.55. The lowest BCUT2D eigenvalue weighted by atomic mass is 10.0. The molecule has 0 spiro atoms. The Bertz CT molecular complexity index is 1700. The van der Waals surface area contributed by atoms with E-state index in [4.69, 9.17) is 11.6 Å². The van der Waals surface area contributed by atoms with Gasteiger partial charge in [0.2, 0.25) is 11.8 Å². The molecule has 0 aliphatic heterocycles. The van der Waals surface area contributed by atoms with Gasteiger partial charge in [0.25, 0.3) is 10.0 Å². The number of hydrogen-bond donors (Lipinski definition) is 1. The quantitative estimate of drug-likeness (QED) is 0.178. The molecule has 0 bridgehead atoms. The maximum Gasteiger partial charge on any atom is 0.264 e. The van der Waals surface area contributed by atoms with Gasteiger partial charge in [-0.1, -0.05) is 90.8 Å². The van der Waals surface area contributed by atoms with E-state index in [1.165, 1.54) is 47.4 Å². The van der Waals surface area contributed by atoms with Crippen LogP contribution in [0.1, 0.15) is 37.0 Å². The molecular formula is C35H37ClFN3O4S. The van der Waals surface area contributed by atoms with Crippen molar-refractivity contribution in [2.45, 2.75) is 57.1 Å². The summed E-state index contributed by atoms with van der Waals surface area (Å²) in [6, 6.07) is 26.4. The second kappa shape index (κ2) is 15.2. The Labute approximate surface area is 269 Å². The van der Waals surface area contributed by atoms with Crippen molar-refractivity contribution in [1.29, 1.82) is 0 Å². The first kappa shape index (κ1) is 33.7. The summed E-state index contributed by atoms with van der Waals surface area (Å²) >= 11 is 6.51. The highest BCUT2D eigenvalue weighted by molar-refractivity contribution is 7.92. The molecule has 2 atom stereocenters. The number of amides is 2. The second-order valence-electron chi connectivity index (χ2n) is 10.9. The smallest absolute Gasteiger partial charge is 0.264 e. The van der Waals surface area contributed by atoms with E-state index in [1.807, 2.05) is 51.1 Å². The van der Waals surface area contributed by atoms with E-state index in [2.05, 4.69) is 5.32 Å². The number of para-hydroxylation sites is 1. The first-order valence-corrected chi connectivity index (χ1v) is 16.5. The molecular weight excluding hydrogens is 613 g/mol. The Kier molecular flexibility index (Phi) is 11.4. The predicted octanol–water partition coefficient (Wildman–Crippen LogP) is 6.54. The molecule has 4 aromatic rings. The molecule has 0 fully saturated rings. The minimum Gasteiger partial charge on any atom is -0.352 e. The maximum absolute atomic E-state index is 14.5. The van der Waals surface area contributed by atoms with Crippen LogP contribution in [0.5, 0.6) is 0 Å². The number of anilines is 1. The van der Waals surface area contributed by atoms with E-state index < -0.39 is 34.3 Å². The standard InChI is InChI=1S/C35H37ClFN3O4S/c1-4-26(3)38-35(42)33(22-27-10-6-5-7-11-27)39(23-28-16-18-29(37)19-17-28)34(41)24-40(32-13-9-8-12-31(32)36)45(43,44)30-20-14-25(2)15-21-30/h5-21,26,33H,4,22-24H2,1-3H3,(H,38,42). The highest BCUT2D eigenvalue weighted by Crippen LogP contribution is 2.31. The third kappa shape index (κ3) is 8.71. The van der Waals surface area contributed by atoms with E-state index in [0.717, 1.165) is 15.4 Å². The predicted molar refractivity (Wildman–Crippen MR) is 176 cm³/mol. The first-order valence-electron chi connectivity index (χ1n) is 14.7. The highest BCUT2D eigenvalue weighted by Gasteiger charge is 2.35. The van der Waals surface area contributed by atoms with Gasteiger partial charge in [0.1, 0.15) is 18.4 Å². The Morgan fingerprint density at radius 3 is 2.11 bits per heavy atom. The first-order chi connectivity index (χ1) is 21.5. The average Bonchev–Trinajstić information content (AvgIpc) is 3.03. The molecule has 1 N–H and O–H groups in total. The van der Waals surface area contributed by atoms with Crippen molar-refractivity contribution in [3.8, 4) is 0 Å². The van der Waals surface area contributed by atoms with Gasteiger partial charge in [-0.05, 0) is 67.8 Å². The van der Waals surface area contributed by atoms with Crippen LogP contribution in [0, 0.1) is 12.7 Å². The lowest BCUT2D eigenvalue weighted by Crippen LogP contribution is -2.54. The van der Waals surface area contributed by atoms with E-state index in [1.54, 1.807) is 30.3 Å². The van der Waals surface area contributed by atoms with E-state index in [0.29, 0.717) is 12.0 Å². The zero-order valence-electron chi connectivity index (χ0n) is 25.5. The number of rotatable bonds is 13. The molecule has 2 amide bonds. The third-order valence-corrected chi connectivity index (χ3v) is 9.64. The molecule has 0 heterocycles. The molecule has 0 aliphatic rings. The summed E-state index contributed by atoms with van der Waals surface area (Å²) in [6.07, 6.45) is 0.845. The van der Waals surface area contributed by atoms with Gasteiger partial charge in [-0.15, -0.1) is 0 Å². The number of nitrogens with zero attached hydrogens (tertiary/aromatic N) is 2. The summed E-state index contributed by atoms with van der Waals surface area (Å²) < 4.78 is 43.0. The molecule has 2 unspecified atom stereocenters. The van der Waals surface area contributed by atoms with E-state index in [9.17, 15) is 22.4 Å². The van der Waals surface area contributed by atoms with Gasteiger partial charge >= 0.3 is 0 Å². The van der Waals surface area contributed by atoms with Crippen LogP contribution in [-0.4, -0.2) is 43.8 Å². The lowest BCUT2D eigenvalue weighted by molar-refractivity contribution is -0.140. The summed E-state index contributed by atoms with van der Waals surface area (Å²) in [7, 11) is -4.28. The van der Waals surface area contributed by atoms with Crippen molar-refractivity contribution >= 4 is 39.1 Å². The fraction of sp³-hybridized carbons (Fsp3) is 0.257. The minimum absolute atomic E-state index is 0.0127. The number of hydrogen-bond acceptors (Lipinski definition) is 4. The topological polar surface area (TPSA) is 86.8 Å². The van der Waals surface area contributed by atoms with E-state index >= 15 is 0 Å². The highest BCUT2D eigenvalue weighted by atomic mass is 35.5. The summed E-state index contributed by atoms with van der Waals surface area (Å²) in [4.78, 5) is 29.7. The van der Waals surface area contributed by atoms with Crippen LogP contribution in [0.2, 0.25) is 5.02 Å². The summed E-state index contributed by atoms with van der Waals surface area (Å²) in [5.74, 6) is -1.45. The Morgan fingerprint density at radius 2 is 1.49 bits per heavy atom. The summed E-state index contributed by atoms with van der Waals surface area (Å²) in [6.45, 7) is 4.96. The van der Waals surface area contributed by atoms with Gasteiger partial charge in [0, 0.05) is 19.0 Å². The van der Waals surface area contributed by atoms with Crippen LogP contribution in [0.25, 0.3) is 0 Å². The van der Waals surface area contributed by atoms with Crippen molar-refractivity contribution in [1.82, 2.24) is 10.2 Å². The summed E-state index contributed by atoms with van der Waals surface area (Å²) in [5.41, 5.74) is 2.38. The number of sulfonamides is 1. The Hall–Kier alpha value is -4.21. The molecule has 0 saturated heterocycles. The molecule has 10 heteroatoms. The van der Waals surface area contributed by atoms with Crippen molar-refractivity contribution in [2.24, 2.45) is 0 Å². The monoisotopic (exact) mass is 649 g/mol. The van der Waals surface area contributed by atoms with Crippen molar-refractivity contribution in [2.75, 3.05) is 10.8 Å². The second-order valence-corrected chi connectivity index (χ2v) is 13.2. The Balaban J connectivity index is 1.81. The number of benzene rings is 4. The van der Waals surface area contributed by atoms with Gasteiger partial charge < -0.3 is 10.2 Å². The Morgan fingerprint density at radius 1 is 0.867 bits per heavy atom. The molecule has 236 valence electrons. The van der Waals surface area contributed by atoms with Crippen molar-refractivity contribution < 1.29 is 22.4 Å². The zero-order chi connectivity index (χ0) is 32.6. The number of carbonyl (C=O) groups excluding carboxylic acids is 2. The molecule has 0 aliphatic carbocycles. The molecule has 4 aromatic carbocycles. The van der Waals surface area contributed by atoms with Gasteiger partial charge in [-0.3, -0.25) is 13.9 Å². The van der Waals surface area contributed by atoms with Crippen LogP contribution in [0.4, 0.5) is 10.1 Å². The number of aryl methyl sites for hydroxylation is 1. The molecule has 0 saturated carbocycles. The van der Waals surface area contributed by atoms with Gasteiger partial charge in [-0.2, -0.15) is 0 Å². The normalized spacial score (nSPS) is 12.6. The fourth-order valence-corrected chi connectivity index (χ4v) is 6.51. The van der Waals surface area contributed by atoms with Crippen molar-refractivity contribution in [3.05, 3.63) is 131 Å². The lowest BCUT2D eigenvalue weighted by Gasteiger charge is -2.34. The van der Waals surface area contributed by atoms with Crippen LogP contribution in [0.15, 0.2) is 108 Å². The molecule has 45 heavy (non-hydrogen) atoms. The van der Waals surface area contributed by atoms with Crippen LogP contribution in [0.3, 0.4) is 0 Å². The van der Waals surface area contributed by atoms with Crippen LogP contribution >= 0.6 is 11.6 Å².